The molecule has 25 heavy (non-hydrogen) atoms. The number of hydrogen-bond donors (Lipinski definition) is 2. The van der Waals surface area contributed by atoms with Gasteiger partial charge in [-0.3, -0.25) is 4.79 Å². The minimum Gasteiger partial charge on any atom is -0.496 e. The summed E-state index contributed by atoms with van der Waals surface area (Å²) in [4.78, 5) is 24.0. The number of carbonyl (C=O) groups is 2. The molecule has 2 N–H and O–H groups in total. The number of urea groups is 1. The summed E-state index contributed by atoms with van der Waals surface area (Å²) in [6.07, 6.45) is 0.605. The summed E-state index contributed by atoms with van der Waals surface area (Å²) < 4.78 is 16.0. The van der Waals surface area contributed by atoms with Crippen molar-refractivity contribution < 1.29 is 28.9 Å². The van der Waals surface area contributed by atoms with E-state index >= 15 is 0 Å². The fourth-order valence-corrected chi connectivity index (χ4v) is 2.03. The van der Waals surface area contributed by atoms with Crippen molar-refractivity contribution in [2.75, 3.05) is 41.0 Å². The second-order valence-electron chi connectivity index (χ2n) is 5.60. The third-order valence-corrected chi connectivity index (χ3v) is 3.51. The maximum Gasteiger partial charge on any atom is 0.317 e. The third kappa shape index (κ3) is 7.19. The topological polar surface area (TPSA) is 97.3 Å². The van der Waals surface area contributed by atoms with E-state index in [1.54, 1.807) is 46.4 Å². The van der Waals surface area contributed by atoms with Gasteiger partial charge in [-0.25, -0.2) is 4.79 Å². The standard InChI is InChI=1S/C17H26N2O6/c1-12(16(20)21)11-19(2)17(22)18-6-5-7-25-15-9-13(23-3)8-14(10-15)24-4/h8-10,12H,5-7,11H2,1-4H3,(H,18,22)(H,20,21). The first-order valence-corrected chi connectivity index (χ1v) is 7.95. The normalized spacial score (nSPS) is 11.4. The van der Waals surface area contributed by atoms with Gasteiger partial charge < -0.3 is 29.5 Å². The Morgan fingerprint density at radius 2 is 1.72 bits per heavy atom. The second kappa shape index (κ2) is 10.3. The number of aliphatic carboxylic acids is 1. The van der Waals surface area contributed by atoms with Crippen LogP contribution in [0.25, 0.3) is 0 Å². The Labute approximate surface area is 147 Å². The van der Waals surface area contributed by atoms with E-state index in [2.05, 4.69) is 5.32 Å². The molecule has 0 aromatic heterocycles. The minimum atomic E-state index is -0.929. The second-order valence-corrected chi connectivity index (χ2v) is 5.60. The lowest BCUT2D eigenvalue weighted by Gasteiger charge is -2.20. The smallest absolute Gasteiger partial charge is 0.317 e. The third-order valence-electron chi connectivity index (χ3n) is 3.51. The maximum atomic E-state index is 11.8. The van der Waals surface area contributed by atoms with Crippen LogP contribution in [0, 0.1) is 5.92 Å². The lowest BCUT2D eigenvalue weighted by Crippen LogP contribution is -2.41. The van der Waals surface area contributed by atoms with E-state index in [1.165, 1.54) is 4.90 Å². The predicted octanol–water partition coefficient (Wildman–Crippen LogP) is 1.83. The number of methoxy groups -OCH3 is 2. The van der Waals surface area contributed by atoms with Crippen LogP contribution in [-0.2, 0) is 4.79 Å². The Bertz CT molecular complexity index is 556. The Morgan fingerprint density at radius 1 is 1.16 bits per heavy atom. The van der Waals surface area contributed by atoms with Crippen LogP contribution in [0.2, 0.25) is 0 Å². The van der Waals surface area contributed by atoms with E-state index < -0.39 is 11.9 Å². The first-order chi connectivity index (χ1) is 11.9. The lowest BCUT2D eigenvalue weighted by molar-refractivity contribution is -0.141. The van der Waals surface area contributed by atoms with Gasteiger partial charge in [0.2, 0.25) is 0 Å². The highest BCUT2D eigenvalue weighted by Gasteiger charge is 2.16. The monoisotopic (exact) mass is 354 g/mol. The van der Waals surface area contributed by atoms with Crippen LogP contribution in [0.15, 0.2) is 18.2 Å². The van der Waals surface area contributed by atoms with Gasteiger partial charge in [0.05, 0.1) is 26.7 Å². The molecule has 0 radical (unpaired) electrons. The largest absolute Gasteiger partial charge is 0.496 e. The molecule has 0 fully saturated rings. The first-order valence-electron chi connectivity index (χ1n) is 7.95. The van der Waals surface area contributed by atoms with E-state index in [1.807, 2.05) is 0 Å². The molecule has 1 unspecified atom stereocenters. The van der Waals surface area contributed by atoms with Crippen molar-refractivity contribution in [1.82, 2.24) is 10.2 Å². The molecule has 1 rings (SSSR count). The van der Waals surface area contributed by atoms with E-state index in [4.69, 9.17) is 19.3 Å². The Hall–Kier alpha value is -2.64. The number of hydrogen-bond acceptors (Lipinski definition) is 5. The van der Waals surface area contributed by atoms with Crippen molar-refractivity contribution in [3.8, 4) is 17.2 Å². The number of benzene rings is 1. The number of amides is 2. The number of carbonyl (C=O) groups excluding carboxylic acids is 1. The number of nitrogens with one attached hydrogen (secondary N) is 1. The fourth-order valence-electron chi connectivity index (χ4n) is 2.03. The molecule has 0 heterocycles. The minimum absolute atomic E-state index is 0.154. The van der Waals surface area contributed by atoms with Gasteiger partial charge in [0.25, 0.3) is 0 Å². The molecule has 1 aromatic carbocycles. The quantitative estimate of drug-likeness (QED) is 0.622. The molecule has 0 aliphatic carbocycles. The molecule has 8 nitrogen and oxygen atoms in total. The highest BCUT2D eigenvalue weighted by atomic mass is 16.5. The molecule has 140 valence electrons. The molecule has 8 heteroatoms. The van der Waals surface area contributed by atoms with Gasteiger partial charge >= 0.3 is 12.0 Å². The molecule has 0 aliphatic heterocycles. The van der Waals surface area contributed by atoms with E-state index in [9.17, 15) is 9.59 Å². The van der Waals surface area contributed by atoms with Crippen LogP contribution in [0.3, 0.4) is 0 Å². The average Bonchev–Trinajstić information content (AvgIpc) is 2.60. The van der Waals surface area contributed by atoms with Crippen LogP contribution >= 0.6 is 0 Å². The molecule has 0 aliphatic rings. The number of nitrogens with zero attached hydrogens (tertiary/aromatic N) is 1. The van der Waals surface area contributed by atoms with E-state index in [0.29, 0.717) is 36.8 Å². The number of ether oxygens (including phenoxy) is 3. The van der Waals surface area contributed by atoms with Gasteiger partial charge in [-0.15, -0.1) is 0 Å². The van der Waals surface area contributed by atoms with Gasteiger partial charge in [-0.1, -0.05) is 6.92 Å². The lowest BCUT2D eigenvalue weighted by atomic mass is 10.2. The zero-order chi connectivity index (χ0) is 18.8. The van der Waals surface area contributed by atoms with Crippen LogP contribution in [-0.4, -0.2) is 63.0 Å². The summed E-state index contributed by atoms with van der Waals surface area (Å²) in [5.41, 5.74) is 0. The summed E-state index contributed by atoms with van der Waals surface area (Å²) in [6, 6.07) is 4.95. The van der Waals surface area contributed by atoms with Crippen molar-refractivity contribution in [3.05, 3.63) is 18.2 Å². The van der Waals surface area contributed by atoms with Gasteiger partial charge in [0.1, 0.15) is 17.2 Å². The maximum absolute atomic E-state index is 11.8. The molecule has 0 saturated heterocycles. The zero-order valence-electron chi connectivity index (χ0n) is 15.1. The highest BCUT2D eigenvalue weighted by Crippen LogP contribution is 2.27. The summed E-state index contributed by atoms with van der Waals surface area (Å²) in [7, 11) is 4.69. The predicted molar refractivity (Wildman–Crippen MR) is 92.5 cm³/mol. The number of carboxylic acids is 1. The van der Waals surface area contributed by atoms with Crippen molar-refractivity contribution >= 4 is 12.0 Å². The van der Waals surface area contributed by atoms with Gasteiger partial charge in [-0.2, -0.15) is 0 Å². The molecule has 1 aromatic rings. The summed E-state index contributed by atoms with van der Waals surface area (Å²) >= 11 is 0. The average molecular weight is 354 g/mol. The number of carboxylic acid groups (broad SMARTS) is 1. The van der Waals surface area contributed by atoms with E-state index in [-0.39, 0.29) is 12.6 Å². The van der Waals surface area contributed by atoms with Crippen molar-refractivity contribution in [2.45, 2.75) is 13.3 Å². The van der Waals surface area contributed by atoms with Gasteiger partial charge in [0.15, 0.2) is 0 Å². The molecular formula is C17H26N2O6. The summed E-state index contributed by atoms with van der Waals surface area (Å²) in [5.74, 6) is 0.354. The van der Waals surface area contributed by atoms with Crippen molar-refractivity contribution in [2.24, 2.45) is 5.92 Å². The van der Waals surface area contributed by atoms with Crippen molar-refractivity contribution in [1.29, 1.82) is 0 Å². The van der Waals surface area contributed by atoms with Crippen molar-refractivity contribution in [3.63, 3.8) is 0 Å². The highest BCUT2D eigenvalue weighted by molar-refractivity contribution is 5.75. The Morgan fingerprint density at radius 3 is 2.24 bits per heavy atom. The summed E-state index contributed by atoms with van der Waals surface area (Å²) in [6.45, 7) is 2.54. The molecule has 0 bridgehead atoms. The first kappa shape index (κ1) is 20.4. The SMILES string of the molecule is COc1cc(OC)cc(OCCCNC(=O)N(C)CC(C)C(=O)O)c1. The molecule has 1 atom stereocenters. The number of rotatable bonds is 10. The van der Waals surface area contributed by atoms with Crippen LogP contribution in [0.1, 0.15) is 13.3 Å². The molecule has 0 spiro atoms. The Kier molecular flexibility index (Phi) is 8.38. The van der Waals surface area contributed by atoms with Gasteiger partial charge in [0, 0.05) is 38.3 Å². The van der Waals surface area contributed by atoms with Crippen LogP contribution in [0.4, 0.5) is 4.79 Å². The van der Waals surface area contributed by atoms with Crippen LogP contribution in [0.5, 0.6) is 17.2 Å². The molecular weight excluding hydrogens is 328 g/mol. The summed E-state index contributed by atoms with van der Waals surface area (Å²) in [5, 5.41) is 11.6. The Balaban J connectivity index is 2.32. The fraction of sp³-hybridized carbons (Fsp3) is 0.529. The van der Waals surface area contributed by atoms with Crippen LogP contribution < -0.4 is 19.5 Å². The molecule has 0 saturated carbocycles. The zero-order valence-corrected chi connectivity index (χ0v) is 15.1. The van der Waals surface area contributed by atoms with Gasteiger partial charge in [-0.05, 0) is 6.42 Å². The van der Waals surface area contributed by atoms with E-state index in [0.717, 1.165) is 0 Å². The molecule has 2 amide bonds.